The van der Waals surface area contributed by atoms with Crippen molar-refractivity contribution in [3.63, 3.8) is 0 Å². The number of halogens is 1. The molecular weight excluding hydrogens is 440 g/mol. The van der Waals surface area contributed by atoms with Crippen LogP contribution in [0.1, 0.15) is 25.6 Å². The molecule has 1 amide bonds. The standard InChI is InChI=1S/C12H18BrN4O6S2/c1-7(2)11(17(14)12(18)19)10-9(4-8(13)5-15-10)16(6-24(20)21)25(3,22)23/h4-5,11,24H,6,14H2,1-3H3,(H,18,19). The molecule has 1 atom stereocenters. The zero-order valence-electron chi connectivity index (χ0n) is 13.6. The molecule has 0 aliphatic rings. The Bertz CT molecular complexity index is 819. The van der Waals surface area contributed by atoms with E-state index in [4.69, 9.17) is 5.84 Å². The lowest BCUT2D eigenvalue weighted by Gasteiger charge is -2.31. The second kappa shape index (κ2) is 8.29. The van der Waals surface area contributed by atoms with Crippen LogP contribution in [-0.2, 0) is 20.7 Å². The van der Waals surface area contributed by atoms with Gasteiger partial charge in [0.05, 0.1) is 17.6 Å². The number of carboxylic acid groups (broad SMARTS) is 1. The third-order valence-corrected chi connectivity index (χ3v) is 5.35. The molecule has 0 bridgehead atoms. The number of anilines is 1. The number of thiol groups is 1. The minimum Gasteiger partial charge on any atom is -0.464 e. The van der Waals surface area contributed by atoms with Crippen LogP contribution < -0.4 is 10.1 Å². The summed E-state index contributed by atoms with van der Waals surface area (Å²) in [5.41, 5.74) is -0.0886. The Morgan fingerprint density at radius 2 is 2.00 bits per heavy atom. The molecule has 1 unspecified atom stereocenters. The highest BCUT2D eigenvalue weighted by atomic mass is 79.9. The van der Waals surface area contributed by atoms with Crippen LogP contribution in [0.3, 0.4) is 0 Å². The lowest BCUT2D eigenvalue weighted by molar-refractivity contribution is 0.126. The van der Waals surface area contributed by atoms with Crippen LogP contribution in [0.2, 0.25) is 0 Å². The van der Waals surface area contributed by atoms with Crippen LogP contribution in [0.25, 0.3) is 0 Å². The van der Waals surface area contributed by atoms with E-state index >= 15 is 0 Å². The number of sulfonamides is 1. The maximum atomic E-state index is 12.1. The maximum Gasteiger partial charge on any atom is 0.422 e. The monoisotopic (exact) mass is 457 g/mol. The van der Waals surface area contributed by atoms with Crippen molar-refractivity contribution in [2.45, 2.75) is 19.9 Å². The normalized spacial score (nSPS) is 13.1. The highest BCUT2D eigenvalue weighted by Crippen LogP contribution is 2.35. The maximum absolute atomic E-state index is 12.1. The molecule has 141 valence electrons. The van der Waals surface area contributed by atoms with Gasteiger partial charge in [0.15, 0.2) is 10.7 Å². The van der Waals surface area contributed by atoms with Crippen molar-refractivity contribution in [3.8, 4) is 0 Å². The number of hydrogen-bond donors (Lipinski definition) is 3. The van der Waals surface area contributed by atoms with Crippen molar-refractivity contribution >= 4 is 48.4 Å². The van der Waals surface area contributed by atoms with Gasteiger partial charge in [0.1, 0.15) is 11.9 Å². The van der Waals surface area contributed by atoms with Gasteiger partial charge in [-0.05, 0) is 22.0 Å². The molecule has 3 N–H and O–H groups in total. The fourth-order valence-corrected chi connectivity index (χ4v) is 4.41. The molecule has 1 aromatic rings. The third-order valence-electron chi connectivity index (χ3n) is 3.08. The molecule has 1 heterocycles. The van der Waals surface area contributed by atoms with Crippen LogP contribution in [0, 0.1) is 5.92 Å². The van der Waals surface area contributed by atoms with Gasteiger partial charge >= 0.3 is 6.09 Å². The van der Waals surface area contributed by atoms with Gasteiger partial charge in [-0.3, -0.25) is 9.29 Å². The number of nitrogens with zero attached hydrogens (tertiary/aromatic N) is 3. The van der Waals surface area contributed by atoms with Gasteiger partial charge in [-0.1, -0.05) is 13.8 Å². The summed E-state index contributed by atoms with van der Waals surface area (Å²) < 4.78 is 47.4. The largest absolute Gasteiger partial charge is 0.464 e. The lowest BCUT2D eigenvalue weighted by atomic mass is 9.98. The predicted octanol–water partition coefficient (Wildman–Crippen LogP) is 0.688. The summed E-state index contributed by atoms with van der Waals surface area (Å²) in [6.45, 7) is 3.19. The van der Waals surface area contributed by atoms with Gasteiger partial charge in [-0.2, -0.15) is 0 Å². The number of rotatable bonds is 7. The molecule has 0 aliphatic heterocycles. The molecule has 0 aromatic carbocycles. The van der Waals surface area contributed by atoms with Gasteiger partial charge in [-0.25, -0.2) is 32.5 Å². The minimum absolute atomic E-state index is 0.00428. The molecule has 0 spiro atoms. The number of pyridine rings is 1. The smallest absolute Gasteiger partial charge is 0.422 e. The molecule has 0 aliphatic carbocycles. The summed E-state index contributed by atoms with van der Waals surface area (Å²) in [4.78, 5) is 15.4. The number of nitrogens with two attached hydrogens (primary N) is 1. The molecule has 13 heteroatoms. The Kier molecular flexibility index (Phi) is 7.17. The van der Waals surface area contributed by atoms with Gasteiger partial charge in [0.25, 0.3) is 0 Å². The summed E-state index contributed by atoms with van der Waals surface area (Å²) >= 11 is 3.15. The zero-order chi connectivity index (χ0) is 19.5. The molecule has 0 saturated carbocycles. The predicted molar refractivity (Wildman–Crippen MR) is 95.8 cm³/mol. The number of carbonyl (C=O) groups is 1. The van der Waals surface area contributed by atoms with Crippen LogP contribution in [0.4, 0.5) is 10.5 Å². The van der Waals surface area contributed by atoms with Crippen molar-refractivity contribution < 1.29 is 26.7 Å². The summed E-state index contributed by atoms with van der Waals surface area (Å²) in [5.74, 6) is 5.29. The summed E-state index contributed by atoms with van der Waals surface area (Å²) in [7, 11) is -7.06. The Hall–Kier alpha value is -1.44. The second-order valence-corrected chi connectivity index (χ2v) is 9.08. The topological polar surface area (TPSA) is 151 Å². The molecule has 1 rings (SSSR count). The zero-order valence-corrected chi connectivity index (χ0v) is 16.9. The first-order chi connectivity index (χ1) is 11.4. The summed E-state index contributed by atoms with van der Waals surface area (Å²) in [6, 6.07) is 0.266. The van der Waals surface area contributed by atoms with Crippen molar-refractivity contribution in [2.24, 2.45) is 5.84 Å². The van der Waals surface area contributed by atoms with Crippen molar-refractivity contribution in [2.75, 3.05) is 16.4 Å². The van der Waals surface area contributed by atoms with E-state index in [1.165, 1.54) is 12.3 Å². The van der Waals surface area contributed by atoms with Crippen molar-refractivity contribution in [3.05, 3.63) is 28.3 Å². The molecule has 0 fully saturated rings. The van der Waals surface area contributed by atoms with Gasteiger partial charge in [-0.15, -0.1) is 0 Å². The van der Waals surface area contributed by atoms with Gasteiger partial charge in [0.2, 0.25) is 10.0 Å². The average molecular weight is 458 g/mol. The van der Waals surface area contributed by atoms with Crippen molar-refractivity contribution in [1.29, 1.82) is 0 Å². The molecular formula is C12H18BrN4O6S2. The first-order valence-corrected chi connectivity index (χ1v) is 10.7. The van der Waals surface area contributed by atoms with E-state index in [9.17, 15) is 26.7 Å². The highest BCUT2D eigenvalue weighted by Gasteiger charge is 2.33. The first-order valence-electron chi connectivity index (χ1n) is 6.68. The lowest BCUT2D eigenvalue weighted by Crippen LogP contribution is -2.43. The second-order valence-electron chi connectivity index (χ2n) is 5.31. The Labute approximate surface area is 155 Å². The number of amides is 1. The first kappa shape index (κ1) is 21.6. The third kappa shape index (κ3) is 5.52. The number of aromatic nitrogens is 1. The fourth-order valence-electron chi connectivity index (χ4n) is 2.11. The molecule has 25 heavy (non-hydrogen) atoms. The fraction of sp³-hybridized carbons (Fsp3) is 0.417. The average Bonchev–Trinajstić information content (AvgIpc) is 2.44. The van der Waals surface area contributed by atoms with Gasteiger partial charge in [0, 0.05) is 16.6 Å². The summed E-state index contributed by atoms with van der Waals surface area (Å²) in [5, 5.41) is 9.65. The molecule has 0 saturated heterocycles. The van der Waals surface area contributed by atoms with E-state index in [0.29, 0.717) is 19.7 Å². The van der Waals surface area contributed by atoms with Gasteiger partial charge < -0.3 is 5.11 Å². The van der Waals surface area contributed by atoms with E-state index in [1.807, 2.05) is 0 Å². The van der Waals surface area contributed by atoms with E-state index in [1.54, 1.807) is 13.8 Å². The van der Waals surface area contributed by atoms with Crippen LogP contribution in [0.15, 0.2) is 16.7 Å². The highest BCUT2D eigenvalue weighted by molar-refractivity contribution is 9.10. The van der Waals surface area contributed by atoms with E-state index in [0.717, 1.165) is 6.26 Å². The van der Waals surface area contributed by atoms with Crippen LogP contribution in [-0.4, -0.2) is 50.2 Å². The Balaban J connectivity index is 3.70. The number of hydrogen-bond acceptors (Lipinski definition) is 7. The van der Waals surface area contributed by atoms with Crippen molar-refractivity contribution in [1.82, 2.24) is 9.99 Å². The summed E-state index contributed by atoms with van der Waals surface area (Å²) in [6.07, 6.45) is 0.718. The Morgan fingerprint density at radius 3 is 2.40 bits per heavy atom. The molecule has 10 nitrogen and oxygen atoms in total. The Morgan fingerprint density at radius 1 is 1.44 bits per heavy atom. The minimum atomic E-state index is -3.98. The number of hydrazine groups is 1. The van der Waals surface area contributed by atoms with Crippen LogP contribution >= 0.6 is 15.9 Å². The quantitative estimate of drug-likeness (QED) is 0.234. The molecule has 1 radical (unpaired) electrons. The van der Waals surface area contributed by atoms with Crippen LogP contribution in [0.5, 0.6) is 0 Å². The van der Waals surface area contributed by atoms with E-state index in [-0.39, 0.29) is 11.4 Å². The van der Waals surface area contributed by atoms with E-state index in [2.05, 4.69) is 20.9 Å². The SMILES string of the molecule is C[C](C)C(c1ncc(Br)cc1N(C[SH](=O)=O)S(C)(=O)=O)N(N)C(=O)O. The molecule has 1 aromatic heterocycles. The van der Waals surface area contributed by atoms with E-state index < -0.39 is 38.7 Å².